The molecule has 3 nitrogen and oxygen atoms in total. The highest BCUT2D eigenvalue weighted by Gasteiger charge is 2.29. The first-order chi connectivity index (χ1) is 9.88. The number of hydrogen-bond donors (Lipinski definition) is 0. The SMILES string of the molecule is C[C@@H]1CN(C)[C@@H](C)CN1C(=O)CCc1ccc(Br)cc1F. The molecule has 1 heterocycles. The molecule has 21 heavy (non-hydrogen) atoms. The molecule has 2 rings (SSSR count). The number of benzene rings is 1. The number of aryl methyl sites for hydroxylation is 1. The Hall–Kier alpha value is -0.940. The lowest BCUT2D eigenvalue weighted by atomic mass is 10.1. The van der Waals surface area contributed by atoms with Gasteiger partial charge in [0.25, 0.3) is 0 Å². The number of rotatable bonds is 3. The van der Waals surface area contributed by atoms with E-state index in [-0.39, 0.29) is 17.8 Å². The normalized spacial score (nSPS) is 23.4. The Kier molecular flexibility index (Phi) is 5.38. The summed E-state index contributed by atoms with van der Waals surface area (Å²) < 4.78 is 14.5. The average molecular weight is 357 g/mol. The summed E-state index contributed by atoms with van der Waals surface area (Å²) in [6.07, 6.45) is 0.810. The van der Waals surface area contributed by atoms with Crippen molar-refractivity contribution in [2.45, 2.75) is 38.8 Å². The highest BCUT2D eigenvalue weighted by molar-refractivity contribution is 9.10. The van der Waals surface area contributed by atoms with Gasteiger partial charge in [-0.3, -0.25) is 9.69 Å². The Morgan fingerprint density at radius 2 is 2.05 bits per heavy atom. The van der Waals surface area contributed by atoms with Gasteiger partial charge in [0.1, 0.15) is 5.82 Å². The van der Waals surface area contributed by atoms with E-state index >= 15 is 0 Å². The molecular weight excluding hydrogens is 335 g/mol. The lowest BCUT2D eigenvalue weighted by Crippen LogP contribution is -2.56. The minimum absolute atomic E-state index is 0.116. The van der Waals surface area contributed by atoms with Crippen LogP contribution in [-0.2, 0) is 11.2 Å². The van der Waals surface area contributed by atoms with Gasteiger partial charge in [-0.25, -0.2) is 4.39 Å². The van der Waals surface area contributed by atoms with Gasteiger partial charge >= 0.3 is 0 Å². The zero-order valence-electron chi connectivity index (χ0n) is 12.8. The molecule has 1 aromatic carbocycles. The maximum atomic E-state index is 13.8. The molecule has 116 valence electrons. The van der Waals surface area contributed by atoms with E-state index in [2.05, 4.69) is 41.7 Å². The van der Waals surface area contributed by atoms with Crippen LogP contribution in [0.4, 0.5) is 4.39 Å². The van der Waals surface area contributed by atoms with Crippen LogP contribution in [0.3, 0.4) is 0 Å². The van der Waals surface area contributed by atoms with Crippen LogP contribution in [0.25, 0.3) is 0 Å². The minimum atomic E-state index is -0.253. The van der Waals surface area contributed by atoms with E-state index in [0.717, 1.165) is 17.6 Å². The molecule has 0 bridgehead atoms. The molecule has 0 radical (unpaired) electrons. The van der Waals surface area contributed by atoms with Crippen LogP contribution >= 0.6 is 15.9 Å². The minimum Gasteiger partial charge on any atom is -0.337 e. The van der Waals surface area contributed by atoms with E-state index < -0.39 is 0 Å². The Morgan fingerprint density at radius 3 is 2.71 bits per heavy atom. The Morgan fingerprint density at radius 1 is 1.33 bits per heavy atom. The summed E-state index contributed by atoms with van der Waals surface area (Å²) in [4.78, 5) is 16.6. The number of likely N-dealkylation sites (N-methyl/N-ethyl adjacent to an activating group) is 1. The van der Waals surface area contributed by atoms with Gasteiger partial charge in [-0.1, -0.05) is 22.0 Å². The molecule has 0 unspecified atom stereocenters. The van der Waals surface area contributed by atoms with Crippen LogP contribution in [-0.4, -0.2) is 47.9 Å². The van der Waals surface area contributed by atoms with E-state index in [4.69, 9.17) is 0 Å². The van der Waals surface area contributed by atoms with Crippen molar-refractivity contribution in [1.82, 2.24) is 9.80 Å². The fraction of sp³-hybridized carbons (Fsp3) is 0.562. The number of halogens is 2. The highest BCUT2D eigenvalue weighted by Crippen LogP contribution is 2.19. The van der Waals surface area contributed by atoms with Gasteiger partial charge in [0.15, 0.2) is 0 Å². The van der Waals surface area contributed by atoms with Crippen LogP contribution in [0.2, 0.25) is 0 Å². The summed E-state index contributed by atoms with van der Waals surface area (Å²) in [7, 11) is 2.08. The third-order valence-electron chi connectivity index (χ3n) is 4.24. The number of amides is 1. The van der Waals surface area contributed by atoms with Crippen LogP contribution in [0.5, 0.6) is 0 Å². The first-order valence-electron chi connectivity index (χ1n) is 7.32. The summed E-state index contributed by atoms with van der Waals surface area (Å²) in [5, 5.41) is 0. The second-order valence-electron chi connectivity index (χ2n) is 5.92. The summed E-state index contributed by atoms with van der Waals surface area (Å²) in [5.41, 5.74) is 0.598. The van der Waals surface area contributed by atoms with Gasteiger partial charge in [0.2, 0.25) is 5.91 Å². The molecule has 1 aromatic rings. The standard InChI is InChI=1S/C16H22BrFN2O/c1-11-10-20(12(2)9-19(11)3)16(21)7-5-13-4-6-14(17)8-15(13)18/h4,6,8,11-12H,5,7,9-10H2,1-3H3/t11-,12+/m0/s1. The zero-order valence-corrected chi connectivity index (χ0v) is 14.4. The van der Waals surface area contributed by atoms with E-state index in [0.29, 0.717) is 24.4 Å². The zero-order chi connectivity index (χ0) is 15.6. The van der Waals surface area contributed by atoms with Gasteiger partial charge in [0, 0.05) is 36.1 Å². The number of piperazine rings is 1. The van der Waals surface area contributed by atoms with Crippen molar-refractivity contribution in [3.05, 3.63) is 34.1 Å². The van der Waals surface area contributed by atoms with Gasteiger partial charge in [-0.15, -0.1) is 0 Å². The maximum absolute atomic E-state index is 13.8. The van der Waals surface area contributed by atoms with Crippen molar-refractivity contribution in [3.8, 4) is 0 Å². The maximum Gasteiger partial charge on any atom is 0.223 e. The van der Waals surface area contributed by atoms with Crippen LogP contribution in [0.1, 0.15) is 25.8 Å². The monoisotopic (exact) mass is 356 g/mol. The molecule has 5 heteroatoms. The Bertz CT molecular complexity index is 523. The van der Waals surface area contributed by atoms with Gasteiger partial charge < -0.3 is 4.90 Å². The van der Waals surface area contributed by atoms with Crippen molar-refractivity contribution in [2.24, 2.45) is 0 Å². The lowest BCUT2D eigenvalue weighted by molar-refractivity contribution is -0.136. The summed E-state index contributed by atoms with van der Waals surface area (Å²) in [6, 6.07) is 5.58. The van der Waals surface area contributed by atoms with Crippen molar-refractivity contribution < 1.29 is 9.18 Å². The summed E-state index contributed by atoms with van der Waals surface area (Å²) >= 11 is 3.24. The van der Waals surface area contributed by atoms with E-state index in [1.165, 1.54) is 6.07 Å². The molecule has 2 atom stereocenters. The molecule has 0 aliphatic carbocycles. The number of nitrogens with zero attached hydrogens (tertiary/aromatic N) is 2. The average Bonchev–Trinajstić information content (AvgIpc) is 2.41. The molecule has 0 spiro atoms. The predicted molar refractivity (Wildman–Crippen MR) is 85.7 cm³/mol. The number of carbonyl (C=O) groups excluding carboxylic acids is 1. The second-order valence-corrected chi connectivity index (χ2v) is 6.84. The molecule has 0 aromatic heterocycles. The second kappa shape index (κ2) is 6.88. The molecule has 1 aliphatic rings. The fourth-order valence-corrected chi connectivity index (χ4v) is 3.09. The van der Waals surface area contributed by atoms with Crippen molar-refractivity contribution in [2.75, 3.05) is 20.1 Å². The molecule has 0 saturated carbocycles. The third-order valence-corrected chi connectivity index (χ3v) is 4.73. The topological polar surface area (TPSA) is 23.6 Å². The predicted octanol–water partition coefficient (Wildman–Crippen LogP) is 3.07. The van der Waals surface area contributed by atoms with Gasteiger partial charge in [0.05, 0.1) is 0 Å². The molecular formula is C16H22BrFN2O. The molecule has 1 saturated heterocycles. The summed E-state index contributed by atoms with van der Waals surface area (Å²) in [6.45, 7) is 5.83. The van der Waals surface area contributed by atoms with E-state index in [1.54, 1.807) is 6.07 Å². The first-order valence-corrected chi connectivity index (χ1v) is 8.11. The largest absolute Gasteiger partial charge is 0.337 e. The lowest BCUT2D eigenvalue weighted by Gasteiger charge is -2.42. The van der Waals surface area contributed by atoms with E-state index in [9.17, 15) is 9.18 Å². The number of carbonyl (C=O) groups is 1. The molecule has 1 amide bonds. The molecule has 1 fully saturated rings. The quantitative estimate of drug-likeness (QED) is 0.830. The molecule has 1 aliphatic heterocycles. The summed E-state index contributed by atoms with van der Waals surface area (Å²) in [5.74, 6) is -0.137. The highest BCUT2D eigenvalue weighted by atomic mass is 79.9. The van der Waals surface area contributed by atoms with Crippen LogP contribution < -0.4 is 0 Å². The van der Waals surface area contributed by atoms with Gasteiger partial charge in [-0.2, -0.15) is 0 Å². The third kappa shape index (κ3) is 4.04. The Labute approximate surface area is 134 Å². The van der Waals surface area contributed by atoms with Crippen LogP contribution in [0, 0.1) is 5.82 Å². The van der Waals surface area contributed by atoms with Crippen molar-refractivity contribution in [1.29, 1.82) is 0 Å². The molecule has 0 N–H and O–H groups in total. The van der Waals surface area contributed by atoms with Gasteiger partial charge in [-0.05, 0) is 45.0 Å². The van der Waals surface area contributed by atoms with Crippen LogP contribution in [0.15, 0.2) is 22.7 Å². The van der Waals surface area contributed by atoms with Crippen molar-refractivity contribution >= 4 is 21.8 Å². The smallest absolute Gasteiger partial charge is 0.223 e. The van der Waals surface area contributed by atoms with E-state index in [1.807, 2.05) is 11.0 Å². The first kappa shape index (κ1) is 16.4. The van der Waals surface area contributed by atoms with Crippen molar-refractivity contribution in [3.63, 3.8) is 0 Å². The fourth-order valence-electron chi connectivity index (χ4n) is 2.76. The number of hydrogen-bond acceptors (Lipinski definition) is 2. The Balaban J connectivity index is 1.95.